The molecule has 0 aliphatic carbocycles. The Balaban J connectivity index is 3.29. The van der Waals surface area contributed by atoms with Crippen LogP contribution in [-0.4, -0.2) is 40.9 Å². The Labute approximate surface area is 91.9 Å². The van der Waals surface area contributed by atoms with E-state index >= 15 is 0 Å². The molecule has 0 aromatic rings. The Kier molecular flexibility index (Phi) is 9.00. The molecule has 0 radical (unpaired) electrons. The highest BCUT2D eigenvalue weighted by Gasteiger charge is 2.25. The van der Waals surface area contributed by atoms with Gasteiger partial charge >= 0.3 is 0 Å². The van der Waals surface area contributed by atoms with E-state index in [9.17, 15) is 5.11 Å². The molecule has 0 saturated carbocycles. The van der Waals surface area contributed by atoms with E-state index in [0.717, 1.165) is 12.8 Å². The van der Waals surface area contributed by atoms with Gasteiger partial charge in [0.05, 0.1) is 19.8 Å². The van der Waals surface area contributed by atoms with Gasteiger partial charge in [0.2, 0.25) is 5.79 Å². The van der Waals surface area contributed by atoms with Crippen molar-refractivity contribution >= 4 is 0 Å². The van der Waals surface area contributed by atoms with Crippen LogP contribution in [0.15, 0.2) is 0 Å². The second-order valence-electron chi connectivity index (χ2n) is 3.88. The van der Waals surface area contributed by atoms with E-state index in [1.54, 1.807) is 0 Å². The summed E-state index contributed by atoms with van der Waals surface area (Å²) in [6.07, 6.45) is 6.82. The maximum atomic E-state index is 9.35. The zero-order valence-corrected chi connectivity index (χ0v) is 9.61. The summed E-state index contributed by atoms with van der Waals surface area (Å²) in [7, 11) is 0. The predicted molar refractivity (Wildman–Crippen MR) is 58.4 cm³/mol. The van der Waals surface area contributed by atoms with Gasteiger partial charge in [-0.05, 0) is 6.42 Å². The van der Waals surface area contributed by atoms with Gasteiger partial charge in [-0.15, -0.1) is 0 Å². The molecule has 15 heavy (non-hydrogen) atoms. The molecule has 0 spiro atoms. The first-order valence-corrected chi connectivity index (χ1v) is 5.76. The van der Waals surface area contributed by atoms with Crippen LogP contribution < -0.4 is 0 Å². The summed E-state index contributed by atoms with van der Waals surface area (Å²) in [5.74, 6) is -1.76. The van der Waals surface area contributed by atoms with Crippen LogP contribution in [-0.2, 0) is 4.74 Å². The molecule has 0 aromatic heterocycles. The molecule has 4 heteroatoms. The highest BCUT2D eigenvalue weighted by Crippen LogP contribution is 2.09. The Bertz CT molecular complexity index is 135. The van der Waals surface area contributed by atoms with Gasteiger partial charge in [-0.25, -0.2) is 0 Å². The van der Waals surface area contributed by atoms with Gasteiger partial charge in [0.15, 0.2) is 0 Å². The molecule has 0 unspecified atom stereocenters. The van der Waals surface area contributed by atoms with Crippen LogP contribution in [0.25, 0.3) is 0 Å². The zero-order chi connectivity index (χ0) is 11.6. The van der Waals surface area contributed by atoms with Crippen LogP contribution in [0.1, 0.15) is 45.4 Å². The van der Waals surface area contributed by atoms with Gasteiger partial charge in [-0.2, -0.15) is 0 Å². The van der Waals surface area contributed by atoms with Gasteiger partial charge in [0, 0.05) is 0 Å². The smallest absolute Gasteiger partial charge is 0.212 e. The third kappa shape index (κ3) is 7.73. The van der Waals surface area contributed by atoms with E-state index in [-0.39, 0.29) is 0 Å². The van der Waals surface area contributed by atoms with Crippen molar-refractivity contribution in [2.45, 2.75) is 51.2 Å². The summed E-state index contributed by atoms with van der Waals surface area (Å²) in [6, 6.07) is 0. The Morgan fingerprint density at radius 2 is 1.47 bits per heavy atom. The van der Waals surface area contributed by atoms with Crippen molar-refractivity contribution in [3.05, 3.63) is 0 Å². The monoisotopic (exact) mass is 220 g/mol. The lowest BCUT2D eigenvalue weighted by Gasteiger charge is -2.23. The summed E-state index contributed by atoms with van der Waals surface area (Å²) >= 11 is 0. The first kappa shape index (κ1) is 14.8. The van der Waals surface area contributed by atoms with Crippen LogP contribution in [0, 0.1) is 0 Å². The van der Waals surface area contributed by atoms with Crippen LogP contribution in [0.3, 0.4) is 0 Å². The molecule has 0 aliphatic heterocycles. The van der Waals surface area contributed by atoms with Crippen LogP contribution >= 0.6 is 0 Å². The van der Waals surface area contributed by atoms with E-state index in [1.807, 2.05) is 0 Å². The van der Waals surface area contributed by atoms with Crippen LogP contribution in [0.4, 0.5) is 0 Å². The average Bonchev–Trinajstić information content (AvgIpc) is 2.27. The Morgan fingerprint density at radius 1 is 0.933 bits per heavy atom. The van der Waals surface area contributed by atoms with Crippen molar-refractivity contribution in [3.63, 3.8) is 0 Å². The molecular formula is C11H24O4. The van der Waals surface area contributed by atoms with Gasteiger partial charge < -0.3 is 20.1 Å². The largest absolute Gasteiger partial charge is 0.391 e. The number of ether oxygens (including phenoxy) is 1. The molecular weight excluding hydrogens is 196 g/mol. The number of aliphatic hydroxyl groups is 3. The van der Waals surface area contributed by atoms with E-state index in [2.05, 4.69) is 6.92 Å². The minimum atomic E-state index is -1.76. The zero-order valence-electron chi connectivity index (χ0n) is 9.61. The quantitative estimate of drug-likeness (QED) is 0.380. The normalized spacial score (nSPS) is 12.0. The lowest BCUT2D eigenvalue weighted by molar-refractivity contribution is -0.242. The minimum Gasteiger partial charge on any atom is -0.391 e. The lowest BCUT2D eigenvalue weighted by Crippen LogP contribution is -2.40. The maximum Gasteiger partial charge on any atom is 0.212 e. The fraction of sp³-hybridized carbons (Fsp3) is 1.00. The second kappa shape index (κ2) is 9.09. The number of rotatable bonds is 10. The fourth-order valence-electron chi connectivity index (χ4n) is 1.29. The van der Waals surface area contributed by atoms with E-state index in [1.165, 1.54) is 25.7 Å². The summed E-state index contributed by atoms with van der Waals surface area (Å²) < 4.78 is 4.99. The van der Waals surface area contributed by atoms with Crippen LogP contribution in [0.2, 0.25) is 0 Å². The van der Waals surface area contributed by atoms with E-state index in [0.29, 0.717) is 6.61 Å². The van der Waals surface area contributed by atoms with Crippen LogP contribution in [0.5, 0.6) is 0 Å². The van der Waals surface area contributed by atoms with E-state index in [4.69, 9.17) is 14.9 Å². The van der Waals surface area contributed by atoms with Crippen molar-refractivity contribution in [3.8, 4) is 0 Å². The van der Waals surface area contributed by atoms with Crippen molar-refractivity contribution in [1.82, 2.24) is 0 Å². The summed E-state index contributed by atoms with van der Waals surface area (Å²) in [4.78, 5) is 0. The number of hydrogen-bond donors (Lipinski definition) is 3. The summed E-state index contributed by atoms with van der Waals surface area (Å²) in [5.41, 5.74) is 0. The first-order valence-electron chi connectivity index (χ1n) is 5.76. The van der Waals surface area contributed by atoms with Gasteiger partial charge in [-0.3, -0.25) is 0 Å². The summed E-state index contributed by atoms with van der Waals surface area (Å²) in [5, 5.41) is 26.8. The second-order valence-corrected chi connectivity index (χ2v) is 3.88. The molecule has 92 valence electrons. The van der Waals surface area contributed by atoms with Gasteiger partial charge in [0.1, 0.15) is 0 Å². The third-order valence-corrected chi connectivity index (χ3v) is 2.36. The number of aliphatic hydroxyl groups excluding tert-OH is 2. The minimum absolute atomic E-state index is 0.379. The highest BCUT2D eigenvalue weighted by molar-refractivity contribution is 4.62. The molecule has 3 N–H and O–H groups in total. The molecule has 0 amide bonds. The third-order valence-electron chi connectivity index (χ3n) is 2.36. The van der Waals surface area contributed by atoms with Gasteiger partial charge in [-0.1, -0.05) is 39.0 Å². The molecule has 0 aromatic carbocycles. The number of hydrogen-bond acceptors (Lipinski definition) is 4. The van der Waals surface area contributed by atoms with Crippen molar-refractivity contribution in [2.75, 3.05) is 19.8 Å². The molecule has 0 aliphatic rings. The fourth-order valence-corrected chi connectivity index (χ4v) is 1.29. The molecule has 4 nitrogen and oxygen atoms in total. The molecule has 0 fully saturated rings. The highest BCUT2D eigenvalue weighted by atomic mass is 16.6. The molecule has 0 heterocycles. The Hall–Kier alpha value is -0.160. The maximum absolute atomic E-state index is 9.35. The lowest BCUT2D eigenvalue weighted by atomic mass is 10.1. The topological polar surface area (TPSA) is 69.9 Å². The van der Waals surface area contributed by atoms with Crippen molar-refractivity contribution < 1.29 is 20.1 Å². The average molecular weight is 220 g/mol. The van der Waals surface area contributed by atoms with Gasteiger partial charge in [0.25, 0.3) is 0 Å². The summed E-state index contributed by atoms with van der Waals surface area (Å²) in [6.45, 7) is 1.41. The van der Waals surface area contributed by atoms with Crippen molar-refractivity contribution in [2.24, 2.45) is 0 Å². The standard InChI is InChI=1S/C11H24O4/c1-2-3-4-5-6-7-8-15-11(14,9-12)10-13/h12-14H,2-10H2,1H3. The Morgan fingerprint density at radius 3 is 2.00 bits per heavy atom. The first-order chi connectivity index (χ1) is 7.18. The molecule has 0 bridgehead atoms. The predicted octanol–water partition coefficient (Wildman–Crippen LogP) is 1.04. The molecule has 0 rings (SSSR count). The van der Waals surface area contributed by atoms with Crippen molar-refractivity contribution in [1.29, 1.82) is 0 Å². The molecule has 0 saturated heterocycles. The van der Waals surface area contributed by atoms with E-state index < -0.39 is 19.0 Å². The number of unbranched alkanes of at least 4 members (excludes halogenated alkanes) is 5. The molecule has 0 atom stereocenters. The SMILES string of the molecule is CCCCCCCCOC(O)(CO)CO.